The molecule has 3 N–H and O–H groups in total. The maximum Gasteiger partial charge on any atom is 0.306 e. The molecule has 6 rings (SSSR count). The molecule has 4 atom stereocenters. The molecule has 0 aromatic heterocycles. The van der Waals surface area contributed by atoms with E-state index in [0.29, 0.717) is 29.0 Å². The molecule has 1 aliphatic carbocycles. The topological polar surface area (TPSA) is 133 Å². The lowest BCUT2D eigenvalue weighted by Gasteiger charge is -2.20. The van der Waals surface area contributed by atoms with E-state index in [0.717, 1.165) is 93.2 Å². The van der Waals surface area contributed by atoms with Gasteiger partial charge in [-0.15, -0.1) is 0 Å². The summed E-state index contributed by atoms with van der Waals surface area (Å²) in [7, 11) is 0. The summed E-state index contributed by atoms with van der Waals surface area (Å²) in [5, 5.41) is 25.7. The lowest BCUT2D eigenvalue weighted by atomic mass is 9.84. The zero-order chi connectivity index (χ0) is 42.7. The SMILES string of the molecule is C=CC1=C(C)C2=NC1=CC1=NC(=CC3=C(C)C4=C(O)C(CC(=O)O)C(=C5NC(=C2)[C@@H](C)[C@@H]5CCC(=O)OC/C=C(\C)CCCC(C)CCCC(C)C)C4=N3)C(CC)=C1C. The maximum absolute atomic E-state index is 13.3. The highest BCUT2D eigenvalue weighted by Crippen LogP contribution is 2.49. The Bertz CT molecular complexity index is 2190. The van der Waals surface area contributed by atoms with Crippen LogP contribution in [0.3, 0.4) is 0 Å². The number of aliphatic hydroxyl groups is 1. The van der Waals surface area contributed by atoms with Gasteiger partial charge in [-0.25, -0.2) is 15.0 Å². The number of hydrogen-bond donors (Lipinski definition) is 3. The van der Waals surface area contributed by atoms with Gasteiger partial charge in [0, 0.05) is 46.4 Å². The number of carbonyl (C=O) groups excluding carboxylic acids is 1. The molecule has 1 fully saturated rings. The number of carboxylic acid groups (broad SMARTS) is 1. The summed E-state index contributed by atoms with van der Waals surface area (Å²) in [5.41, 5.74) is 13.5. The molecule has 0 aromatic rings. The number of nitrogens with zero attached hydrogens (tertiary/aromatic N) is 3. The van der Waals surface area contributed by atoms with Gasteiger partial charge in [0.25, 0.3) is 0 Å². The Labute approximate surface area is 351 Å². The predicted octanol–water partition coefficient (Wildman–Crippen LogP) is 11.4. The second kappa shape index (κ2) is 18.5. The first-order valence-electron chi connectivity index (χ1n) is 21.8. The fraction of sp³-hybridized carbons (Fsp3) is 0.500. The van der Waals surface area contributed by atoms with Gasteiger partial charge in [0.15, 0.2) is 0 Å². The first kappa shape index (κ1) is 43.5. The number of ether oxygens (including phenoxy) is 1. The molecule has 0 amide bonds. The van der Waals surface area contributed by atoms with Gasteiger partial charge in [0.2, 0.25) is 0 Å². The number of aliphatic hydroxyl groups excluding tert-OH is 1. The third kappa shape index (κ3) is 9.24. The van der Waals surface area contributed by atoms with Gasteiger partial charge in [-0.2, -0.15) is 0 Å². The van der Waals surface area contributed by atoms with Gasteiger partial charge in [-0.1, -0.05) is 78.5 Å². The highest BCUT2D eigenvalue weighted by Gasteiger charge is 2.46. The van der Waals surface area contributed by atoms with Crippen LogP contribution in [0.5, 0.6) is 0 Å². The van der Waals surface area contributed by atoms with Crippen LogP contribution in [0.1, 0.15) is 127 Å². The van der Waals surface area contributed by atoms with Crippen molar-refractivity contribution < 1.29 is 24.5 Å². The molecule has 0 aromatic carbocycles. The van der Waals surface area contributed by atoms with Crippen LogP contribution in [0, 0.1) is 29.6 Å². The average Bonchev–Trinajstić information content (AvgIpc) is 3.91. The van der Waals surface area contributed by atoms with Crippen molar-refractivity contribution in [3.05, 3.63) is 116 Å². The van der Waals surface area contributed by atoms with E-state index in [-0.39, 0.29) is 43.0 Å². The van der Waals surface area contributed by atoms with Gasteiger partial charge in [-0.05, 0) is 112 Å². The molecule has 2 unspecified atom stereocenters. The molecule has 5 heterocycles. The molecule has 9 heteroatoms. The minimum absolute atomic E-state index is 0.00801. The van der Waals surface area contributed by atoms with Gasteiger partial charge >= 0.3 is 11.9 Å². The minimum Gasteiger partial charge on any atom is -0.511 e. The number of nitrogens with one attached hydrogen (secondary N) is 1. The first-order chi connectivity index (χ1) is 28.1. The fourth-order valence-corrected chi connectivity index (χ4v) is 9.36. The van der Waals surface area contributed by atoms with Crippen molar-refractivity contribution in [3.8, 4) is 0 Å². The molecule has 6 aliphatic rings. The fourth-order valence-electron chi connectivity index (χ4n) is 9.36. The Morgan fingerprint density at radius 2 is 1.66 bits per heavy atom. The summed E-state index contributed by atoms with van der Waals surface area (Å²) >= 11 is 0. The lowest BCUT2D eigenvalue weighted by Crippen LogP contribution is -2.21. The van der Waals surface area contributed by atoms with Crippen LogP contribution in [-0.2, 0) is 14.3 Å². The lowest BCUT2D eigenvalue weighted by molar-refractivity contribution is -0.142. The van der Waals surface area contributed by atoms with E-state index >= 15 is 0 Å². The van der Waals surface area contributed by atoms with E-state index in [4.69, 9.17) is 19.7 Å². The van der Waals surface area contributed by atoms with E-state index in [9.17, 15) is 19.8 Å². The third-order valence-corrected chi connectivity index (χ3v) is 13.0. The molecule has 0 saturated carbocycles. The van der Waals surface area contributed by atoms with Crippen molar-refractivity contribution in [1.82, 2.24) is 5.32 Å². The smallest absolute Gasteiger partial charge is 0.306 e. The van der Waals surface area contributed by atoms with Crippen LogP contribution in [0.2, 0.25) is 0 Å². The minimum atomic E-state index is -1.02. The van der Waals surface area contributed by atoms with Crippen molar-refractivity contribution in [2.24, 2.45) is 44.6 Å². The molecule has 1 saturated heterocycles. The number of aliphatic imine (C=N–C) groups is 3. The summed E-state index contributed by atoms with van der Waals surface area (Å²) in [6.45, 7) is 23.6. The van der Waals surface area contributed by atoms with Crippen LogP contribution in [0.25, 0.3) is 0 Å². The normalized spacial score (nSPS) is 23.2. The van der Waals surface area contributed by atoms with Gasteiger partial charge in [0.1, 0.15) is 12.4 Å². The predicted molar refractivity (Wildman–Crippen MR) is 239 cm³/mol. The molecule has 314 valence electrons. The van der Waals surface area contributed by atoms with Gasteiger partial charge in [0.05, 0.1) is 46.6 Å². The quantitative estimate of drug-likeness (QED) is 0.0991. The van der Waals surface area contributed by atoms with Crippen molar-refractivity contribution >= 4 is 29.1 Å². The van der Waals surface area contributed by atoms with Gasteiger partial charge in [-0.3, -0.25) is 9.59 Å². The van der Waals surface area contributed by atoms with E-state index in [1.165, 1.54) is 31.3 Å². The summed E-state index contributed by atoms with van der Waals surface area (Å²) in [6.07, 6.45) is 18.2. The molecular formula is C50H64N4O5. The average molecular weight is 801 g/mol. The summed E-state index contributed by atoms with van der Waals surface area (Å²) in [5.74, 6) is -0.935. The Kier molecular flexibility index (Phi) is 13.6. The second-order valence-electron chi connectivity index (χ2n) is 17.7. The molecule has 0 radical (unpaired) electrons. The summed E-state index contributed by atoms with van der Waals surface area (Å²) in [4.78, 5) is 41.0. The van der Waals surface area contributed by atoms with Crippen molar-refractivity contribution in [1.29, 1.82) is 0 Å². The molecule has 59 heavy (non-hydrogen) atoms. The van der Waals surface area contributed by atoms with Gasteiger partial charge < -0.3 is 20.3 Å². The zero-order valence-corrected chi connectivity index (χ0v) is 36.7. The number of fused-ring (bicyclic) bond motifs is 5. The molecule has 8 bridgehead atoms. The van der Waals surface area contributed by atoms with E-state index in [1.54, 1.807) is 0 Å². The maximum atomic E-state index is 13.3. The van der Waals surface area contributed by atoms with E-state index < -0.39 is 11.9 Å². The Morgan fingerprint density at radius 3 is 2.36 bits per heavy atom. The highest BCUT2D eigenvalue weighted by atomic mass is 16.5. The largest absolute Gasteiger partial charge is 0.511 e. The third-order valence-electron chi connectivity index (χ3n) is 13.0. The first-order valence-corrected chi connectivity index (χ1v) is 21.8. The number of esters is 1. The highest BCUT2D eigenvalue weighted by molar-refractivity contribution is 6.22. The summed E-state index contributed by atoms with van der Waals surface area (Å²) < 4.78 is 5.75. The number of rotatable bonds is 17. The van der Waals surface area contributed by atoms with Crippen LogP contribution in [0.15, 0.2) is 131 Å². The van der Waals surface area contributed by atoms with Crippen molar-refractivity contribution in [2.75, 3.05) is 6.61 Å². The van der Waals surface area contributed by atoms with Crippen LogP contribution < -0.4 is 5.32 Å². The molecular weight excluding hydrogens is 737 g/mol. The number of carboxylic acids is 1. The second-order valence-corrected chi connectivity index (χ2v) is 17.7. The number of hydrogen-bond acceptors (Lipinski definition) is 8. The van der Waals surface area contributed by atoms with E-state index in [1.807, 2.05) is 38.2 Å². The Morgan fingerprint density at radius 1 is 0.949 bits per heavy atom. The van der Waals surface area contributed by atoms with Crippen LogP contribution >= 0.6 is 0 Å². The zero-order valence-electron chi connectivity index (χ0n) is 36.7. The Hall–Kier alpha value is -5.05. The molecule has 5 aliphatic heterocycles. The molecule has 9 nitrogen and oxygen atoms in total. The standard InChI is InChI=1S/C50H64N4O5/c1-11-34-30(7)38-24-40-32(9)36(19-20-45(57)59-22-21-29(6)18-14-17-28(5)16-13-15-27(3)4)48(53-40)47-37(23-44(55)56)50(58)46-33(10)41(54-49(46)47)26-43-35(12-2)31(8)39(52-43)25-42(34)51-38/h11,21,24-28,32,36-37,53,58H,1,12-20,22-23H2,2-10H3,(H,55,56)/b29-21+,40-24?,42-25?,43-26?,48-47?/t28?,32-,36-,37?/m0/s1. The van der Waals surface area contributed by atoms with Crippen molar-refractivity contribution in [2.45, 2.75) is 127 Å². The van der Waals surface area contributed by atoms with Crippen molar-refractivity contribution in [3.63, 3.8) is 0 Å². The van der Waals surface area contributed by atoms with E-state index in [2.05, 4.69) is 66.4 Å². The Balaban J connectivity index is 1.30. The molecule has 0 spiro atoms. The monoisotopic (exact) mass is 800 g/mol. The number of carbonyl (C=O) groups is 2. The van der Waals surface area contributed by atoms with Crippen LogP contribution in [-0.4, -0.2) is 45.9 Å². The summed E-state index contributed by atoms with van der Waals surface area (Å²) in [6, 6.07) is 0. The number of aliphatic carboxylic acids is 1. The number of allylic oxidation sites excluding steroid dienone is 13. The van der Waals surface area contributed by atoms with Crippen LogP contribution in [0.4, 0.5) is 0 Å².